The van der Waals surface area contributed by atoms with Crippen molar-refractivity contribution in [1.82, 2.24) is 0 Å². The Balaban J connectivity index is 0.796. The van der Waals surface area contributed by atoms with Gasteiger partial charge in [0.05, 0.1) is 34.1 Å². The van der Waals surface area contributed by atoms with E-state index < -0.39 is 9.07 Å². The van der Waals surface area contributed by atoms with E-state index in [2.05, 4.69) is 344 Å². The summed E-state index contributed by atoms with van der Waals surface area (Å²) in [5, 5.41) is 4.65. The van der Waals surface area contributed by atoms with Crippen LogP contribution in [-0.4, -0.2) is 4.21 Å². The molecule has 0 N–H and O–H groups in total. The average Bonchev–Trinajstić information content (AvgIpc) is 1.47. The van der Waals surface area contributed by atoms with Gasteiger partial charge in [0.2, 0.25) is 0 Å². The van der Waals surface area contributed by atoms with Gasteiger partial charge in [0.15, 0.2) is 0 Å². The van der Waals surface area contributed by atoms with Crippen LogP contribution in [-0.2, 0) is 30.7 Å². The van der Waals surface area contributed by atoms with Crippen molar-refractivity contribution in [3.63, 3.8) is 0 Å². The predicted molar refractivity (Wildman–Crippen MR) is 400 cm³/mol. The van der Waals surface area contributed by atoms with E-state index in [0.717, 1.165) is 97.0 Å². The lowest BCUT2D eigenvalue weighted by molar-refractivity contribution is 0.627. The highest BCUT2D eigenvalue weighted by molar-refractivity contribution is 8.21. The molecule has 460 valence electrons. The second kappa shape index (κ2) is 18.6. The third-order valence-electron chi connectivity index (χ3n) is 23.7. The topological polar surface area (TPSA) is 23.6 Å². The summed E-state index contributed by atoms with van der Waals surface area (Å²) < 4.78 is 18.7. The smallest absolute Gasteiger partial charge is 0.0546 e. The first-order valence-corrected chi connectivity index (χ1v) is 36.0. The van der Waals surface area contributed by atoms with Crippen LogP contribution in [0.4, 0.5) is 34.1 Å². The summed E-state index contributed by atoms with van der Waals surface area (Å²) in [7, 11) is -4.34. The van der Waals surface area contributed by atoms with E-state index in [1.807, 2.05) is 0 Å². The van der Waals surface area contributed by atoms with Gasteiger partial charge in [0, 0.05) is 61.4 Å². The number of fused-ring (bicyclic) bond motifs is 22. The maximum Gasteiger partial charge on any atom is 0.0546 e. The first kappa shape index (κ1) is 55.8. The predicted octanol–water partition coefficient (Wildman–Crippen LogP) is 24.5. The van der Waals surface area contributed by atoms with Gasteiger partial charge in [-0.2, -0.15) is 0 Å². The number of hydrogen-bond acceptors (Lipinski definition) is 3. The molecular weight excluding hydrogens is 1180 g/mol. The first-order chi connectivity index (χ1) is 46.5. The molecule has 4 aliphatic heterocycles. The van der Waals surface area contributed by atoms with E-state index >= 15 is 4.21 Å². The zero-order chi connectivity index (χ0) is 64.8. The monoisotopic (exact) mass is 1250 g/mol. The van der Waals surface area contributed by atoms with Crippen molar-refractivity contribution >= 4 is 64.7 Å². The molecule has 4 heteroatoms. The fraction of sp³-hybridized carbons (Fsp3) is 0.130. The van der Waals surface area contributed by atoms with Crippen LogP contribution in [0.15, 0.2) is 299 Å². The molecular formula is C92H70N2OS. The summed E-state index contributed by atoms with van der Waals surface area (Å²) in [4.78, 5) is 8.59. The lowest BCUT2D eigenvalue weighted by Gasteiger charge is -2.43. The van der Waals surface area contributed by atoms with Crippen LogP contribution in [0.5, 0.6) is 0 Å². The second-order valence-electron chi connectivity index (χ2n) is 29.8. The zero-order valence-corrected chi connectivity index (χ0v) is 56.1. The maximum atomic E-state index is 18.7. The Morgan fingerprint density at radius 1 is 0.240 bits per heavy atom. The zero-order valence-electron chi connectivity index (χ0n) is 55.3. The molecule has 0 unspecified atom stereocenters. The van der Waals surface area contributed by atoms with Crippen LogP contribution in [0, 0.1) is 0 Å². The lowest BCUT2D eigenvalue weighted by atomic mass is 9.71. The van der Waals surface area contributed by atoms with Crippen molar-refractivity contribution < 1.29 is 4.21 Å². The molecule has 2 aliphatic carbocycles. The molecule has 6 aliphatic rings. The highest BCUT2D eigenvalue weighted by Crippen LogP contribution is 2.72. The lowest BCUT2D eigenvalue weighted by Crippen LogP contribution is -2.31. The summed E-state index contributed by atoms with van der Waals surface area (Å²) >= 11 is 0. The van der Waals surface area contributed by atoms with Crippen LogP contribution >= 0.6 is 0 Å². The number of para-hydroxylation sites is 2. The van der Waals surface area contributed by atoms with E-state index in [4.69, 9.17) is 0 Å². The molecule has 0 saturated carbocycles. The fourth-order valence-electron chi connectivity index (χ4n) is 19.0. The quantitative estimate of drug-likeness (QED) is 0.175. The van der Waals surface area contributed by atoms with E-state index in [9.17, 15) is 0 Å². The molecule has 0 aromatic heterocycles. The molecule has 20 rings (SSSR count). The standard InChI is InChI=1S/C92H70N2OS/c1-89(2)69-33-17-13-29-61(69)65-51-75-81(53-73(65)89)93(77-37-21-19-35-71(77)91(75,5)6)79-45-41-55-25-9-11-27-59(55)87(79)57-43-47-85-67(49-57)63-31-15-23-39-83(63)96(85,95)84-40-24-16-32-64(84)68-50-58(44-48-86(68)96)88-60-28-12-10-26-56(60)42-46-80(88)94-78-38-22-20-36-72(78)92(7,8)76-52-66-62-30-14-18-34-70(62)90(3,4)74(66)54-82(76)94/h9-54H,1-8H3. The Bertz CT molecular complexity index is 5590. The van der Waals surface area contributed by atoms with E-state index in [1.54, 1.807) is 0 Å². The summed E-state index contributed by atoms with van der Waals surface area (Å²) in [6, 6.07) is 104. The van der Waals surface area contributed by atoms with Gasteiger partial charge in [-0.15, -0.1) is 0 Å². The normalized spacial score (nSPS) is 17.3. The average molecular weight is 1250 g/mol. The third kappa shape index (κ3) is 6.75. The fourth-order valence-corrected chi connectivity index (χ4v) is 24.2. The van der Waals surface area contributed by atoms with Crippen LogP contribution < -0.4 is 9.80 Å². The third-order valence-corrected chi connectivity index (χ3v) is 28.5. The number of anilines is 6. The van der Waals surface area contributed by atoms with Crippen LogP contribution in [0.2, 0.25) is 0 Å². The molecule has 14 aromatic carbocycles. The highest BCUT2D eigenvalue weighted by atomic mass is 32.3. The van der Waals surface area contributed by atoms with Crippen LogP contribution in [0.3, 0.4) is 0 Å². The Labute approximate surface area is 562 Å². The highest BCUT2D eigenvalue weighted by Gasteiger charge is 2.58. The summed E-state index contributed by atoms with van der Waals surface area (Å²) in [6.45, 7) is 19.1. The van der Waals surface area contributed by atoms with Crippen LogP contribution in [0.25, 0.3) is 88.3 Å². The Morgan fingerprint density at radius 3 is 1.02 bits per heavy atom. The van der Waals surface area contributed by atoms with Crippen molar-refractivity contribution in [2.24, 2.45) is 0 Å². The van der Waals surface area contributed by atoms with Gasteiger partial charge < -0.3 is 9.80 Å². The number of nitrogens with zero attached hydrogens (tertiary/aromatic N) is 2. The van der Waals surface area contributed by atoms with Gasteiger partial charge in [0.1, 0.15) is 0 Å². The Kier molecular flexibility index (Phi) is 10.8. The van der Waals surface area contributed by atoms with E-state index in [0.29, 0.717) is 0 Å². The second-order valence-corrected chi connectivity index (χ2v) is 33.5. The van der Waals surface area contributed by atoms with Gasteiger partial charge >= 0.3 is 0 Å². The number of benzene rings is 14. The Hall–Kier alpha value is -10.7. The van der Waals surface area contributed by atoms with Crippen molar-refractivity contribution in [3.05, 3.63) is 324 Å². The van der Waals surface area contributed by atoms with Crippen molar-refractivity contribution in [2.75, 3.05) is 9.80 Å². The summed E-state index contributed by atoms with van der Waals surface area (Å²) in [5.74, 6) is 0. The summed E-state index contributed by atoms with van der Waals surface area (Å²) in [5.41, 5.74) is 30.3. The molecule has 0 bridgehead atoms. The molecule has 3 nitrogen and oxygen atoms in total. The molecule has 0 atom stereocenters. The molecule has 0 saturated heterocycles. The van der Waals surface area contributed by atoms with Crippen molar-refractivity contribution in [1.29, 1.82) is 0 Å². The SMILES string of the molecule is CC1(C)c2ccccc2-c2cc3c(cc21)N(c1ccc2ccccc2c1-c1ccc2c(c1)-c1ccccc1S21(=O)c2ccccc2-c2cc(-c4c(N5c6ccccc6C(C)(C)c6cc7c(cc65)C(C)(C)c5ccccc5-7)ccc5ccccc45)ccc21)c1ccccc1C3(C)C. The molecule has 4 heterocycles. The minimum atomic E-state index is -4.34. The van der Waals surface area contributed by atoms with Gasteiger partial charge in [0.25, 0.3) is 0 Å². The van der Waals surface area contributed by atoms with Crippen LogP contribution in [0.1, 0.15) is 99.9 Å². The van der Waals surface area contributed by atoms with Gasteiger partial charge in [-0.05, 0) is 207 Å². The Morgan fingerprint density at radius 2 is 0.583 bits per heavy atom. The largest absolute Gasteiger partial charge is 0.309 e. The van der Waals surface area contributed by atoms with E-state index in [-0.39, 0.29) is 21.7 Å². The number of rotatable bonds is 4. The minimum absolute atomic E-state index is 0.199. The molecule has 96 heavy (non-hydrogen) atoms. The molecule has 0 radical (unpaired) electrons. The van der Waals surface area contributed by atoms with Gasteiger partial charge in [-0.3, -0.25) is 4.21 Å². The molecule has 0 fully saturated rings. The maximum absolute atomic E-state index is 18.7. The van der Waals surface area contributed by atoms with Gasteiger partial charge in [-0.25, -0.2) is 0 Å². The van der Waals surface area contributed by atoms with Crippen molar-refractivity contribution in [2.45, 2.75) is 96.6 Å². The van der Waals surface area contributed by atoms with Crippen molar-refractivity contribution in [3.8, 4) is 66.8 Å². The molecule has 14 aromatic rings. The van der Waals surface area contributed by atoms with Gasteiger partial charge in [-0.1, -0.05) is 250 Å². The summed E-state index contributed by atoms with van der Waals surface area (Å²) in [6.07, 6.45) is 0. The van der Waals surface area contributed by atoms with E-state index in [1.165, 1.54) is 89.5 Å². The molecule has 1 spiro atoms. The first-order valence-electron chi connectivity index (χ1n) is 34.1. The minimum Gasteiger partial charge on any atom is -0.309 e. The number of hydrogen-bond donors (Lipinski definition) is 0. The molecule has 0 amide bonds.